The van der Waals surface area contributed by atoms with Crippen molar-refractivity contribution < 1.29 is 4.42 Å². The Morgan fingerprint density at radius 1 is 1.26 bits per heavy atom. The number of halogens is 1. The van der Waals surface area contributed by atoms with Crippen molar-refractivity contribution in [3.63, 3.8) is 0 Å². The van der Waals surface area contributed by atoms with Crippen LogP contribution in [0.25, 0.3) is 0 Å². The van der Waals surface area contributed by atoms with E-state index in [9.17, 15) is 0 Å². The number of rotatable bonds is 7. The van der Waals surface area contributed by atoms with E-state index in [2.05, 4.69) is 18.3 Å². The summed E-state index contributed by atoms with van der Waals surface area (Å²) in [6, 6.07) is 12.4. The highest BCUT2D eigenvalue weighted by Gasteiger charge is 2.11. The molecule has 1 unspecified atom stereocenters. The molecule has 3 heteroatoms. The molecule has 19 heavy (non-hydrogen) atoms. The van der Waals surface area contributed by atoms with Gasteiger partial charge < -0.3 is 9.73 Å². The van der Waals surface area contributed by atoms with Crippen molar-refractivity contribution in [1.82, 2.24) is 5.32 Å². The predicted molar refractivity (Wildman–Crippen MR) is 79.5 cm³/mol. The molecule has 1 atom stereocenters. The molecule has 2 nitrogen and oxygen atoms in total. The molecule has 1 aromatic heterocycles. The van der Waals surface area contributed by atoms with Crippen LogP contribution in [0.15, 0.2) is 47.1 Å². The van der Waals surface area contributed by atoms with Crippen LogP contribution < -0.4 is 5.32 Å². The summed E-state index contributed by atoms with van der Waals surface area (Å²) >= 11 is 6.08. The highest BCUT2D eigenvalue weighted by Crippen LogP contribution is 2.22. The second kappa shape index (κ2) is 7.37. The largest absolute Gasteiger partial charge is 0.469 e. The number of hydrogen-bond acceptors (Lipinski definition) is 2. The molecule has 0 amide bonds. The number of benzene rings is 1. The standard InChI is InChI=1S/C16H20ClNO/c1-2-10-18-16(9-8-15-7-4-11-19-15)13-5-3-6-14(17)12-13/h3-7,11-12,16,18H,2,8-10H2,1H3. The summed E-state index contributed by atoms with van der Waals surface area (Å²) in [6.07, 6.45) is 4.79. The van der Waals surface area contributed by atoms with Gasteiger partial charge in [0.05, 0.1) is 6.26 Å². The van der Waals surface area contributed by atoms with E-state index in [0.717, 1.165) is 36.6 Å². The smallest absolute Gasteiger partial charge is 0.103 e. The Morgan fingerprint density at radius 3 is 2.84 bits per heavy atom. The molecule has 1 heterocycles. The monoisotopic (exact) mass is 277 g/mol. The van der Waals surface area contributed by atoms with E-state index in [0.29, 0.717) is 6.04 Å². The summed E-state index contributed by atoms with van der Waals surface area (Å²) in [7, 11) is 0. The van der Waals surface area contributed by atoms with Gasteiger partial charge in [-0.1, -0.05) is 30.7 Å². The average molecular weight is 278 g/mol. The molecule has 0 aliphatic carbocycles. The SMILES string of the molecule is CCCNC(CCc1ccco1)c1cccc(Cl)c1. The molecule has 0 fully saturated rings. The van der Waals surface area contributed by atoms with E-state index >= 15 is 0 Å². The van der Waals surface area contributed by atoms with E-state index < -0.39 is 0 Å². The predicted octanol–water partition coefficient (Wildman–Crippen LogP) is 4.61. The second-order valence-corrected chi connectivity index (χ2v) is 5.12. The van der Waals surface area contributed by atoms with Crippen molar-refractivity contribution in [3.05, 3.63) is 59.0 Å². The zero-order chi connectivity index (χ0) is 13.5. The Balaban J connectivity index is 2.02. The molecule has 0 saturated heterocycles. The fraction of sp³-hybridized carbons (Fsp3) is 0.375. The van der Waals surface area contributed by atoms with Crippen LogP contribution in [0.1, 0.15) is 37.1 Å². The minimum atomic E-state index is 0.323. The minimum Gasteiger partial charge on any atom is -0.469 e. The van der Waals surface area contributed by atoms with Gasteiger partial charge in [-0.25, -0.2) is 0 Å². The first-order valence-corrected chi connectivity index (χ1v) is 7.18. The van der Waals surface area contributed by atoms with Crippen molar-refractivity contribution in [3.8, 4) is 0 Å². The lowest BCUT2D eigenvalue weighted by atomic mass is 10.0. The third kappa shape index (κ3) is 4.41. The number of aryl methyl sites for hydroxylation is 1. The molecule has 1 aromatic carbocycles. The van der Waals surface area contributed by atoms with Crippen LogP contribution in [0.4, 0.5) is 0 Å². The first-order chi connectivity index (χ1) is 9.29. The fourth-order valence-corrected chi connectivity index (χ4v) is 2.37. The molecule has 2 aromatic rings. The first-order valence-electron chi connectivity index (χ1n) is 6.81. The zero-order valence-electron chi connectivity index (χ0n) is 11.2. The van der Waals surface area contributed by atoms with E-state index in [4.69, 9.17) is 16.0 Å². The van der Waals surface area contributed by atoms with Gasteiger partial charge in [0.15, 0.2) is 0 Å². The molecule has 102 valence electrons. The molecular formula is C16H20ClNO. The van der Waals surface area contributed by atoms with Gasteiger partial charge in [0.1, 0.15) is 5.76 Å². The van der Waals surface area contributed by atoms with Crippen molar-refractivity contribution in [2.75, 3.05) is 6.54 Å². The van der Waals surface area contributed by atoms with Crippen LogP contribution in [0.5, 0.6) is 0 Å². The Bertz CT molecular complexity index is 481. The van der Waals surface area contributed by atoms with Crippen molar-refractivity contribution >= 4 is 11.6 Å². The van der Waals surface area contributed by atoms with E-state index in [1.807, 2.05) is 30.3 Å². The minimum absolute atomic E-state index is 0.323. The van der Waals surface area contributed by atoms with Crippen LogP contribution >= 0.6 is 11.6 Å². The molecule has 0 spiro atoms. The van der Waals surface area contributed by atoms with Gasteiger partial charge in [0.25, 0.3) is 0 Å². The third-order valence-corrected chi connectivity index (χ3v) is 3.39. The van der Waals surface area contributed by atoms with Crippen LogP contribution in [0.3, 0.4) is 0 Å². The maximum absolute atomic E-state index is 6.08. The highest BCUT2D eigenvalue weighted by molar-refractivity contribution is 6.30. The molecule has 0 saturated carbocycles. The zero-order valence-corrected chi connectivity index (χ0v) is 12.0. The Labute approximate surface area is 119 Å². The lowest BCUT2D eigenvalue weighted by Gasteiger charge is -2.18. The highest BCUT2D eigenvalue weighted by atomic mass is 35.5. The topological polar surface area (TPSA) is 25.2 Å². The average Bonchev–Trinajstić information content (AvgIpc) is 2.92. The summed E-state index contributed by atoms with van der Waals surface area (Å²) in [5.41, 5.74) is 1.24. The molecule has 1 N–H and O–H groups in total. The van der Waals surface area contributed by atoms with Gasteiger partial charge in [-0.15, -0.1) is 0 Å². The summed E-state index contributed by atoms with van der Waals surface area (Å²) in [4.78, 5) is 0. The maximum Gasteiger partial charge on any atom is 0.103 e. The van der Waals surface area contributed by atoms with Crippen LogP contribution in [-0.4, -0.2) is 6.54 Å². The summed E-state index contributed by atoms with van der Waals surface area (Å²) in [5, 5.41) is 4.37. The quantitative estimate of drug-likeness (QED) is 0.800. The second-order valence-electron chi connectivity index (χ2n) is 4.68. The van der Waals surface area contributed by atoms with Crippen LogP contribution in [-0.2, 0) is 6.42 Å². The van der Waals surface area contributed by atoms with E-state index in [-0.39, 0.29) is 0 Å². The summed E-state index contributed by atoms with van der Waals surface area (Å²) in [6.45, 7) is 3.18. The third-order valence-electron chi connectivity index (χ3n) is 3.15. The molecule has 2 rings (SSSR count). The summed E-state index contributed by atoms with van der Waals surface area (Å²) < 4.78 is 5.39. The van der Waals surface area contributed by atoms with Crippen molar-refractivity contribution in [1.29, 1.82) is 0 Å². The van der Waals surface area contributed by atoms with Gasteiger partial charge in [-0.3, -0.25) is 0 Å². The van der Waals surface area contributed by atoms with Crippen molar-refractivity contribution in [2.45, 2.75) is 32.2 Å². The number of nitrogens with one attached hydrogen (secondary N) is 1. The van der Waals surface area contributed by atoms with Gasteiger partial charge in [-0.05, 0) is 49.2 Å². The van der Waals surface area contributed by atoms with Gasteiger partial charge in [0.2, 0.25) is 0 Å². The van der Waals surface area contributed by atoms with Crippen molar-refractivity contribution in [2.24, 2.45) is 0 Å². The molecule has 0 aliphatic rings. The number of hydrogen-bond donors (Lipinski definition) is 1. The molecule has 0 aliphatic heterocycles. The molecule has 0 radical (unpaired) electrons. The van der Waals surface area contributed by atoms with Gasteiger partial charge >= 0.3 is 0 Å². The van der Waals surface area contributed by atoms with Crippen LogP contribution in [0, 0.1) is 0 Å². The van der Waals surface area contributed by atoms with E-state index in [1.54, 1.807) is 6.26 Å². The Morgan fingerprint density at radius 2 is 2.16 bits per heavy atom. The Kier molecular flexibility index (Phi) is 5.49. The van der Waals surface area contributed by atoms with Gasteiger partial charge in [0, 0.05) is 17.5 Å². The fourth-order valence-electron chi connectivity index (χ4n) is 2.17. The summed E-state index contributed by atoms with van der Waals surface area (Å²) in [5.74, 6) is 1.03. The lowest BCUT2D eigenvalue weighted by molar-refractivity contribution is 0.452. The van der Waals surface area contributed by atoms with E-state index in [1.165, 1.54) is 5.56 Å². The molecule has 0 bridgehead atoms. The lowest BCUT2D eigenvalue weighted by Crippen LogP contribution is -2.22. The number of furan rings is 1. The van der Waals surface area contributed by atoms with Gasteiger partial charge in [-0.2, -0.15) is 0 Å². The maximum atomic E-state index is 6.08. The first kappa shape index (κ1) is 14.2. The Hall–Kier alpha value is -1.25. The molecular weight excluding hydrogens is 258 g/mol. The van der Waals surface area contributed by atoms with Crippen LogP contribution in [0.2, 0.25) is 5.02 Å². The normalized spacial score (nSPS) is 12.5.